The Labute approximate surface area is 53.7 Å². The second-order valence-electron chi connectivity index (χ2n) is 1.77. The number of rotatable bonds is 3. The zero-order chi connectivity index (χ0) is 5.98. The fourth-order valence-electron chi connectivity index (χ4n) is 0.502. The molecule has 48 valence electrons. The molecule has 1 fully saturated rings. The van der Waals surface area contributed by atoms with Gasteiger partial charge in [0, 0.05) is 5.88 Å². The van der Waals surface area contributed by atoms with Crippen molar-refractivity contribution in [3.8, 4) is 0 Å². The van der Waals surface area contributed by atoms with Crippen molar-refractivity contribution in [2.75, 3.05) is 12.5 Å². The van der Waals surface area contributed by atoms with Gasteiger partial charge in [0.2, 0.25) is 0 Å². The van der Waals surface area contributed by atoms with Crippen molar-refractivity contribution in [2.45, 2.75) is 19.3 Å². The van der Waals surface area contributed by atoms with Crippen LogP contribution in [0.3, 0.4) is 0 Å². The number of halogens is 1. The second kappa shape index (κ2) is 2.67. The third-order valence-electron chi connectivity index (χ3n) is 1.01. The molecule has 0 N–H and O–H groups in total. The summed E-state index contributed by atoms with van der Waals surface area (Å²) < 4.78 is 10.00. The minimum absolute atomic E-state index is 0.0359. The van der Waals surface area contributed by atoms with Crippen LogP contribution in [-0.2, 0) is 9.47 Å². The lowest BCUT2D eigenvalue weighted by atomic mass is 10.5. The number of hydrogen-bond donors (Lipinski definition) is 0. The molecule has 3 heteroatoms. The molecule has 0 amide bonds. The van der Waals surface area contributed by atoms with Gasteiger partial charge in [-0.05, 0) is 6.92 Å². The maximum atomic E-state index is 5.34. The Morgan fingerprint density at radius 3 is 2.75 bits per heavy atom. The Bertz CT molecular complexity index is 76.8. The predicted octanol–water partition coefficient (Wildman–Crippen LogP) is 0.987. The summed E-state index contributed by atoms with van der Waals surface area (Å²) in [5.41, 5.74) is 0. The molecule has 0 aromatic rings. The molecule has 2 unspecified atom stereocenters. The monoisotopic (exact) mass is 136 g/mol. The standard InChI is InChI=1S/C5H9ClO2/c1-4-5(8-4)7-3-2-6/h4-5H,2-3H2,1H3. The molecule has 0 saturated carbocycles. The molecule has 1 aliphatic rings. The summed E-state index contributed by atoms with van der Waals surface area (Å²) in [5, 5.41) is 0. The Morgan fingerprint density at radius 2 is 2.38 bits per heavy atom. The number of hydrogen-bond acceptors (Lipinski definition) is 2. The maximum Gasteiger partial charge on any atom is 0.184 e. The van der Waals surface area contributed by atoms with Gasteiger partial charge in [-0.25, -0.2) is 0 Å². The second-order valence-corrected chi connectivity index (χ2v) is 2.15. The van der Waals surface area contributed by atoms with Crippen LogP contribution >= 0.6 is 11.6 Å². The molecule has 0 aromatic carbocycles. The average molecular weight is 137 g/mol. The van der Waals surface area contributed by atoms with E-state index in [-0.39, 0.29) is 6.29 Å². The van der Waals surface area contributed by atoms with Gasteiger partial charge in [0.05, 0.1) is 6.61 Å². The first kappa shape index (κ1) is 6.33. The first-order valence-corrected chi connectivity index (χ1v) is 3.21. The van der Waals surface area contributed by atoms with Crippen molar-refractivity contribution in [2.24, 2.45) is 0 Å². The molecule has 0 spiro atoms. The molecule has 1 rings (SSSR count). The first-order chi connectivity index (χ1) is 3.84. The predicted molar refractivity (Wildman–Crippen MR) is 31.0 cm³/mol. The van der Waals surface area contributed by atoms with E-state index in [1.54, 1.807) is 0 Å². The lowest BCUT2D eigenvalue weighted by Crippen LogP contribution is -2.00. The van der Waals surface area contributed by atoms with E-state index in [9.17, 15) is 0 Å². The SMILES string of the molecule is CC1OC1OCCCl. The Morgan fingerprint density at radius 1 is 1.75 bits per heavy atom. The summed E-state index contributed by atoms with van der Waals surface area (Å²) in [5.74, 6) is 0.548. The van der Waals surface area contributed by atoms with Crippen LogP contribution in [0.5, 0.6) is 0 Å². The van der Waals surface area contributed by atoms with Crippen molar-refractivity contribution in [1.82, 2.24) is 0 Å². The Hall–Kier alpha value is 0.210. The molecule has 0 radical (unpaired) electrons. The summed E-state index contributed by atoms with van der Waals surface area (Å²) in [6, 6.07) is 0. The van der Waals surface area contributed by atoms with Crippen molar-refractivity contribution in [3.63, 3.8) is 0 Å². The highest BCUT2D eigenvalue weighted by molar-refractivity contribution is 6.17. The largest absolute Gasteiger partial charge is 0.349 e. The molecule has 1 saturated heterocycles. The van der Waals surface area contributed by atoms with Crippen LogP contribution < -0.4 is 0 Å². The van der Waals surface area contributed by atoms with Gasteiger partial charge in [-0.3, -0.25) is 0 Å². The van der Waals surface area contributed by atoms with Crippen LogP contribution in [0.4, 0.5) is 0 Å². The molecule has 1 aliphatic heterocycles. The summed E-state index contributed by atoms with van der Waals surface area (Å²) in [6.07, 6.45) is 0.326. The molecular weight excluding hydrogens is 128 g/mol. The molecular formula is C5H9ClO2. The average Bonchev–Trinajstić information content (AvgIpc) is 2.42. The minimum Gasteiger partial charge on any atom is -0.349 e. The highest BCUT2D eigenvalue weighted by Gasteiger charge is 2.34. The minimum atomic E-state index is 0.0359. The van der Waals surface area contributed by atoms with Crippen molar-refractivity contribution in [1.29, 1.82) is 0 Å². The van der Waals surface area contributed by atoms with E-state index in [2.05, 4.69) is 0 Å². The summed E-state index contributed by atoms with van der Waals surface area (Å²) in [7, 11) is 0. The highest BCUT2D eigenvalue weighted by Crippen LogP contribution is 2.21. The van der Waals surface area contributed by atoms with Crippen molar-refractivity contribution >= 4 is 11.6 Å². The van der Waals surface area contributed by atoms with Crippen LogP contribution in [0, 0.1) is 0 Å². The Kier molecular flexibility index (Phi) is 2.11. The van der Waals surface area contributed by atoms with E-state index in [0.29, 0.717) is 18.6 Å². The zero-order valence-corrected chi connectivity index (χ0v) is 5.52. The maximum absolute atomic E-state index is 5.34. The van der Waals surface area contributed by atoms with Gasteiger partial charge in [0.1, 0.15) is 6.10 Å². The molecule has 0 aliphatic carbocycles. The lowest BCUT2D eigenvalue weighted by molar-refractivity contribution is 0.0605. The molecule has 1 heterocycles. The third kappa shape index (κ3) is 1.62. The summed E-state index contributed by atoms with van der Waals surface area (Å²) >= 11 is 5.34. The molecule has 2 nitrogen and oxygen atoms in total. The zero-order valence-electron chi connectivity index (χ0n) is 4.76. The van der Waals surface area contributed by atoms with Crippen LogP contribution in [0.15, 0.2) is 0 Å². The number of epoxide rings is 1. The van der Waals surface area contributed by atoms with Gasteiger partial charge in [-0.2, -0.15) is 0 Å². The van der Waals surface area contributed by atoms with Crippen LogP contribution in [0.2, 0.25) is 0 Å². The first-order valence-electron chi connectivity index (χ1n) is 2.67. The van der Waals surface area contributed by atoms with Gasteiger partial charge in [-0.15, -0.1) is 11.6 Å². The van der Waals surface area contributed by atoms with Gasteiger partial charge in [0.25, 0.3) is 0 Å². The van der Waals surface area contributed by atoms with E-state index in [4.69, 9.17) is 21.1 Å². The van der Waals surface area contributed by atoms with Crippen molar-refractivity contribution < 1.29 is 9.47 Å². The van der Waals surface area contributed by atoms with Crippen LogP contribution in [0.25, 0.3) is 0 Å². The topological polar surface area (TPSA) is 21.8 Å². The van der Waals surface area contributed by atoms with E-state index in [1.807, 2.05) is 6.92 Å². The van der Waals surface area contributed by atoms with Gasteiger partial charge < -0.3 is 9.47 Å². The molecule has 2 atom stereocenters. The summed E-state index contributed by atoms with van der Waals surface area (Å²) in [6.45, 7) is 2.56. The van der Waals surface area contributed by atoms with E-state index < -0.39 is 0 Å². The number of alkyl halides is 1. The van der Waals surface area contributed by atoms with E-state index in [1.165, 1.54) is 0 Å². The normalized spacial score (nSPS) is 35.2. The van der Waals surface area contributed by atoms with Crippen LogP contribution in [-0.4, -0.2) is 24.9 Å². The van der Waals surface area contributed by atoms with Crippen LogP contribution in [0.1, 0.15) is 6.92 Å². The smallest absolute Gasteiger partial charge is 0.184 e. The van der Waals surface area contributed by atoms with Gasteiger partial charge in [-0.1, -0.05) is 0 Å². The molecule has 0 bridgehead atoms. The van der Waals surface area contributed by atoms with Gasteiger partial charge >= 0.3 is 0 Å². The fourth-order valence-corrected chi connectivity index (χ4v) is 0.591. The Balaban J connectivity index is 1.89. The fraction of sp³-hybridized carbons (Fsp3) is 1.00. The van der Waals surface area contributed by atoms with Gasteiger partial charge in [0.15, 0.2) is 6.29 Å². The lowest BCUT2D eigenvalue weighted by Gasteiger charge is -1.91. The van der Waals surface area contributed by atoms with E-state index >= 15 is 0 Å². The molecule has 0 aromatic heterocycles. The van der Waals surface area contributed by atoms with E-state index in [0.717, 1.165) is 0 Å². The highest BCUT2D eigenvalue weighted by atomic mass is 35.5. The quantitative estimate of drug-likeness (QED) is 0.426. The molecule has 8 heavy (non-hydrogen) atoms. The third-order valence-corrected chi connectivity index (χ3v) is 1.17. The number of ether oxygens (including phenoxy) is 2. The summed E-state index contributed by atoms with van der Waals surface area (Å²) in [4.78, 5) is 0. The van der Waals surface area contributed by atoms with Crippen molar-refractivity contribution in [3.05, 3.63) is 0 Å².